The molecule has 1 aliphatic rings. The third-order valence-corrected chi connectivity index (χ3v) is 8.30. The number of amides is 3. The van der Waals surface area contributed by atoms with Gasteiger partial charge in [0.15, 0.2) is 17.3 Å². The van der Waals surface area contributed by atoms with Gasteiger partial charge in [0.25, 0.3) is 17.7 Å². The highest BCUT2D eigenvalue weighted by Gasteiger charge is 2.30. The van der Waals surface area contributed by atoms with Crippen LogP contribution >= 0.6 is 11.6 Å². The van der Waals surface area contributed by atoms with Gasteiger partial charge in [0.2, 0.25) is 0 Å². The maximum absolute atomic E-state index is 13.8. The first-order chi connectivity index (χ1) is 22.5. The number of fused-ring (bicyclic) bond motifs is 2. The highest BCUT2D eigenvalue weighted by molar-refractivity contribution is 6.34. The molecular formula is C33H25ClF2N6O5. The molecule has 1 aliphatic carbocycles. The molecule has 4 N–H and O–H groups in total. The second-order valence-electron chi connectivity index (χ2n) is 10.9. The van der Waals surface area contributed by atoms with Gasteiger partial charge in [-0.3, -0.25) is 14.4 Å². The lowest BCUT2D eigenvalue weighted by atomic mass is 9.98. The molecule has 0 spiro atoms. The predicted octanol–water partition coefficient (Wildman–Crippen LogP) is 5.27. The van der Waals surface area contributed by atoms with Crippen LogP contribution in [-0.2, 0) is 13.0 Å². The molecule has 11 nitrogen and oxygen atoms in total. The number of hydrogen-bond donors (Lipinski definition) is 4. The molecule has 0 saturated carbocycles. The van der Waals surface area contributed by atoms with Gasteiger partial charge in [-0.1, -0.05) is 35.9 Å². The van der Waals surface area contributed by atoms with Crippen molar-refractivity contribution in [2.45, 2.75) is 32.4 Å². The summed E-state index contributed by atoms with van der Waals surface area (Å²) in [4.78, 5) is 56.4. The molecule has 0 unspecified atom stereocenters. The Balaban J connectivity index is 1.34. The van der Waals surface area contributed by atoms with E-state index in [1.807, 2.05) is 0 Å². The molecule has 0 saturated heterocycles. The number of halogens is 3. The number of hydrogen-bond acceptors (Lipinski definition) is 6. The third-order valence-electron chi connectivity index (χ3n) is 7.97. The fraction of sp³-hybridized carbons (Fsp3) is 0.152. The van der Waals surface area contributed by atoms with E-state index in [4.69, 9.17) is 11.6 Å². The van der Waals surface area contributed by atoms with Crippen LogP contribution in [-0.4, -0.2) is 43.4 Å². The van der Waals surface area contributed by atoms with E-state index in [0.717, 1.165) is 27.8 Å². The van der Waals surface area contributed by atoms with Crippen LogP contribution in [0.4, 0.5) is 14.5 Å². The second-order valence-corrected chi connectivity index (χ2v) is 11.3. The van der Waals surface area contributed by atoms with Gasteiger partial charge in [-0.2, -0.15) is 5.10 Å². The zero-order valence-electron chi connectivity index (χ0n) is 24.6. The normalized spacial score (nSPS) is 13.7. The molecule has 0 aliphatic heterocycles. The fourth-order valence-electron chi connectivity index (χ4n) is 5.57. The number of nitrogens with zero attached hydrogens (tertiary/aromatic N) is 3. The molecule has 1 atom stereocenters. The highest BCUT2D eigenvalue weighted by atomic mass is 35.5. The van der Waals surface area contributed by atoms with Crippen LogP contribution in [0, 0.1) is 18.6 Å². The number of carboxylic acid groups (broad SMARTS) is 1. The summed E-state index contributed by atoms with van der Waals surface area (Å²) in [6.07, 6.45) is 2.26. The quantitative estimate of drug-likeness (QED) is 0.177. The Morgan fingerprint density at radius 3 is 2.51 bits per heavy atom. The van der Waals surface area contributed by atoms with E-state index in [0.29, 0.717) is 24.1 Å². The largest absolute Gasteiger partial charge is 0.478 e. The number of rotatable bonds is 8. The monoisotopic (exact) mass is 658 g/mol. The van der Waals surface area contributed by atoms with Crippen molar-refractivity contribution >= 4 is 46.6 Å². The van der Waals surface area contributed by atoms with Gasteiger partial charge in [0, 0.05) is 12.6 Å². The van der Waals surface area contributed by atoms with E-state index in [1.54, 1.807) is 37.3 Å². The Hall–Kier alpha value is -5.69. The Labute approximate surface area is 270 Å². The first-order valence-corrected chi connectivity index (χ1v) is 14.7. The van der Waals surface area contributed by atoms with Crippen LogP contribution in [0.2, 0.25) is 5.02 Å². The molecule has 3 aromatic carbocycles. The third kappa shape index (κ3) is 6.12. The molecule has 47 heavy (non-hydrogen) atoms. The number of nitrogens with one attached hydrogen (secondary N) is 3. The summed E-state index contributed by atoms with van der Waals surface area (Å²) in [5.41, 5.74) is 2.50. The standard InChI is InChI=1S/C33H25ClF2N6O5/c1-16-18-9-11-25(20(18)8-7-19(16)33(46)47)40-32(45)28-13-27(31(44)37-14-17-6-10-23(35)24(36)12-17)39-29-21(15-38-42(28)29)30(43)41-26-5-3-2-4-22(26)34/h2-8,10,12-13,15,25H,9,11,14H2,1H3,(H,37,44)(H,40,45)(H,41,43)(H,46,47)/t25-/m1/s1. The Morgan fingerprint density at radius 1 is 0.979 bits per heavy atom. The van der Waals surface area contributed by atoms with E-state index in [-0.39, 0.29) is 45.3 Å². The first-order valence-electron chi connectivity index (χ1n) is 14.3. The van der Waals surface area contributed by atoms with Crippen LogP contribution in [0.1, 0.15) is 76.4 Å². The highest BCUT2D eigenvalue weighted by Crippen LogP contribution is 2.35. The minimum absolute atomic E-state index is 0.0581. The van der Waals surface area contributed by atoms with Crippen molar-refractivity contribution in [3.8, 4) is 0 Å². The summed E-state index contributed by atoms with van der Waals surface area (Å²) in [5.74, 6) is -5.19. The van der Waals surface area contributed by atoms with Crippen LogP contribution in [0.5, 0.6) is 0 Å². The zero-order chi connectivity index (χ0) is 33.4. The Morgan fingerprint density at radius 2 is 1.77 bits per heavy atom. The lowest BCUT2D eigenvalue weighted by Crippen LogP contribution is -2.31. The van der Waals surface area contributed by atoms with Crippen LogP contribution in [0.3, 0.4) is 0 Å². The molecule has 6 rings (SSSR count). The molecule has 0 fully saturated rings. The van der Waals surface area contributed by atoms with Gasteiger partial charge < -0.3 is 21.1 Å². The number of carbonyl (C=O) groups excluding carboxylic acids is 3. The summed E-state index contributed by atoms with van der Waals surface area (Å²) >= 11 is 6.21. The number of para-hydroxylation sites is 1. The Kier molecular flexibility index (Phi) is 8.39. The minimum Gasteiger partial charge on any atom is -0.478 e. The second kappa shape index (κ2) is 12.6. The summed E-state index contributed by atoms with van der Waals surface area (Å²) in [5, 5.41) is 22.2. The van der Waals surface area contributed by atoms with Crippen molar-refractivity contribution < 1.29 is 33.1 Å². The summed E-state index contributed by atoms with van der Waals surface area (Å²) in [6.45, 7) is 1.54. The minimum atomic E-state index is -1.08. The smallest absolute Gasteiger partial charge is 0.335 e. The fourth-order valence-corrected chi connectivity index (χ4v) is 5.75. The van der Waals surface area contributed by atoms with Crippen molar-refractivity contribution in [3.63, 3.8) is 0 Å². The van der Waals surface area contributed by atoms with Crippen molar-refractivity contribution in [2.75, 3.05) is 5.32 Å². The number of carboxylic acids is 1. The maximum Gasteiger partial charge on any atom is 0.335 e. The number of aromatic carboxylic acids is 1. The molecule has 5 aromatic rings. The molecule has 14 heteroatoms. The molecule has 2 heterocycles. The van der Waals surface area contributed by atoms with Crippen molar-refractivity contribution in [2.24, 2.45) is 0 Å². The van der Waals surface area contributed by atoms with Gasteiger partial charge in [-0.05, 0) is 72.4 Å². The van der Waals surface area contributed by atoms with E-state index in [9.17, 15) is 33.1 Å². The van der Waals surface area contributed by atoms with Crippen molar-refractivity contribution in [3.05, 3.63) is 128 Å². The first kappa shape index (κ1) is 31.3. The number of carbonyl (C=O) groups is 4. The summed E-state index contributed by atoms with van der Waals surface area (Å²) in [7, 11) is 0. The van der Waals surface area contributed by atoms with E-state index in [1.165, 1.54) is 24.4 Å². The average Bonchev–Trinajstić information content (AvgIpc) is 3.67. The van der Waals surface area contributed by atoms with E-state index < -0.39 is 41.4 Å². The van der Waals surface area contributed by atoms with Gasteiger partial charge in [-0.25, -0.2) is 23.1 Å². The molecule has 3 amide bonds. The average molecular weight is 659 g/mol. The lowest BCUT2D eigenvalue weighted by Gasteiger charge is -2.16. The van der Waals surface area contributed by atoms with Crippen LogP contribution in [0.25, 0.3) is 5.65 Å². The molecule has 0 bridgehead atoms. The number of benzene rings is 3. The maximum atomic E-state index is 13.8. The zero-order valence-corrected chi connectivity index (χ0v) is 25.4. The molecule has 2 aromatic heterocycles. The van der Waals surface area contributed by atoms with Crippen LogP contribution in [0.15, 0.2) is 66.9 Å². The predicted molar refractivity (Wildman–Crippen MR) is 167 cm³/mol. The van der Waals surface area contributed by atoms with Gasteiger partial charge in [-0.15, -0.1) is 0 Å². The molecule has 0 radical (unpaired) electrons. The Bertz CT molecular complexity index is 2120. The van der Waals surface area contributed by atoms with Crippen LogP contribution < -0.4 is 16.0 Å². The van der Waals surface area contributed by atoms with E-state index in [2.05, 4.69) is 26.0 Å². The van der Waals surface area contributed by atoms with Gasteiger partial charge in [0.1, 0.15) is 17.0 Å². The van der Waals surface area contributed by atoms with Crippen molar-refractivity contribution in [1.29, 1.82) is 0 Å². The van der Waals surface area contributed by atoms with Gasteiger partial charge >= 0.3 is 5.97 Å². The summed E-state index contributed by atoms with van der Waals surface area (Å²) < 4.78 is 28.2. The SMILES string of the molecule is Cc1c(C(=O)O)ccc2c1CC[C@H]2NC(=O)c1cc(C(=O)NCc2ccc(F)c(F)c2)nc2c(C(=O)Nc3ccccc3Cl)cnn12. The number of aromatic nitrogens is 3. The van der Waals surface area contributed by atoms with Crippen molar-refractivity contribution in [1.82, 2.24) is 25.2 Å². The summed E-state index contributed by atoms with van der Waals surface area (Å²) in [6, 6.07) is 13.7. The lowest BCUT2D eigenvalue weighted by molar-refractivity contribution is 0.0695. The number of anilines is 1. The molecule has 238 valence electrons. The topological polar surface area (TPSA) is 155 Å². The van der Waals surface area contributed by atoms with E-state index >= 15 is 0 Å². The molecular weight excluding hydrogens is 634 g/mol. The van der Waals surface area contributed by atoms with Gasteiger partial charge in [0.05, 0.1) is 28.5 Å².